The van der Waals surface area contributed by atoms with E-state index in [1.807, 2.05) is 42.6 Å². The Balaban J connectivity index is 1.59. The summed E-state index contributed by atoms with van der Waals surface area (Å²) < 4.78 is 9.05. The van der Waals surface area contributed by atoms with E-state index in [-0.39, 0.29) is 12.0 Å². The number of carbonyl (C=O) groups excluding carboxylic acids is 1. The first kappa shape index (κ1) is 16.0. The number of hydrogen-bond donors (Lipinski definition) is 1. The lowest BCUT2D eigenvalue weighted by atomic mass is 10.3. The number of amides is 1. The minimum absolute atomic E-state index is 0.0255. The number of nitrogens with zero attached hydrogens (tertiary/aromatic N) is 5. The summed E-state index contributed by atoms with van der Waals surface area (Å²) in [6.07, 6.45) is 2.51. The SMILES string of the molecule is CC(C)Oc1cc(C(=O)NCCc2nnc3ccccn23)nn1C. The zero-order valence-electron chi connectivity index (χ0n) is 13.9. The summed E-state index contributed by atoms with van der Waals surface area (Å²) in [5.74, 6) is 1.13. The normalized spacial score (nSPS) is 11.2. The van der Waals surface area contributed by atoms with E-state index in [2.05, 4.69) is 20.6 Å². The lowest BCUT2D eigenvalue weighted by Gasteiger charge is -2.07. The molecule has 0 fully saturated rings. The van der Waals surface area contributed by atoms with Crippen LogP contribution >= 0.6 is 0 Å². The molecular formula is C16H20N6O2. The molecule has 0 spiro atoms. The van der Waals surface area contributed by atoms with Gasteiger partial charge in [-0.05, 0) is 26.0 Å². The second-order valence-electron chi connectivity index (χ2n) is 5.71. The van der Waals surface area contributed by atoms with Crippen LogP contribution in [0.3, 0.4) is 0 Å². The number of carbonyl (C=O) groups is 1. The van der Waals surface area contributed by atoms with Gasteiger partial charge in [0.2, 0.25) is 5.88 Å². The fraction of sp³-hybridized carbons (Fsp3) is 0.375. The average Bonchev–Trinajstić information content (AvgIpc) is 3.11. The van der Waals surface area contributed by atoms with Gasteiger partial charge in [-0.3, -0.25) is 9.20 Å². The van der Waals surface area contributed by atoms with Crippen LogP contribution in [0.15, 0.2) is 30.5 Å². The van der Waals surface area contributed by atoms with Crippen molar-refractivity contribution >= 4 is 11.6 Å². The molecule has 3 aromatic heterocycles. The van der Waals surface area contributed by atoms with E-state index in [1.54, 1.807) is 17.8 Å². The van der Waals surface area contributed by atoms with Gasteiger partial charge in [-0.15, -0.1) is 10.2 Å². The van der Waals surface area contributed by atoms with Gasteiger partial charge in [0.15, 0.2) is 11.3 Å². The highest BCUT2D eigenvalue weighted by molar-refractivity contribution is 5.92. The van der Waals surface area contributed by atoms with Crippen molar-refractivity contribution < 1.29 is 9.53 Å². The molecule has 0 saturated carbocycles. The summed E-state index contributed by atoms with van der Waals surface area (Å²) in [6, 6.07) is 7.36. The van der Waals surface area contributed by atoms with Gasteiger partial charge in [-0.1, -0.05) is 6.07 Å². The van der Waals surface area contributed by atoms with Crippen molar-refractivity contribution in [2.24, 2.45) is 7.05 Å². The van der Waals surface area contributed by atoms with E-state index >= 15 is 0 Å². The monoisotopic (exact) mass is 328 g/mol. The van der Waals surface area contributed by atoms with Crippen LogP contribution in [0.1, 0.15) is 30.2 Å². The van der Waals surface area contributed by atoms with Crippen molar-refractivity contribution in [1.82, 2.24) is 29.7 Å². The van der Waals surface area contributed by atoms with E-state index in [0.29, 0.717) is 24.5 Å². The van der Waals surface area contributed by atoms with Crippen LogP contribution in [0.25, 0.3) is 5.65 Å². The highest BCUT2D eigenvalue weighted by Crippen LogP contribution is 2.13. The first-order valence-electron chi connectivity index (χ1n) is 7.82. The summed E-state index contributed by atoms with van der Waals surface area (Å²) in [5, 5.41) is 15.2. The van der Waals surface area contributed by atoms with Crippen LogP contribution in [0, 0.1) is 0 Å². The van der Waals surface area contributed by atoms with Crippen molar-refractivity contribution in [2.75, 3.05) is 6.54 Å². The maximum Gasteiger partial charge on any atom is 0.271 e. The Hall–Kier alpha value is -2.90. The zero-order valence-corrected chi connectivity index (χ0v) is 13.9. The molecule has 3 rings (SSSR count). The molecule has 0 unspecified atom stereocenters. The summed E-state index contributed by atoms with van der Waals surface area (Å²) in [4.78, 5) is 12.2. The number of hydrogen-bond acceptors (Lipinski definition) is 5. The quantitative estimate of drug-likeness (QED) is 0.735. The second kappa shape index (κ2) is 6.69. The van der Waals surface area contributed by atoms with Gasteiger partial charge in [0.1, 0.15) is 5.82 Å². The number of aromatic nitrogens is 5. The Morgan fingerprint density at radius 2 is 2.17 bits per heavy atom. The number of ether oxygens (including phenoxy) is 1. The van der Waals surface area contributed by atoms with Crippen LogP contribution in [0.4, 0.5) is 0 Å². The van der Waals surface area contributed by atoms with E-state index in [4.69, 9.17) is 4.74 Å². The fourth-order valence-electron chi connectivity index (χ4n) is 2.35. The highest BCUT2D eigenvalue weighted by Gasteiger charge is 2.14. The lowest BCUT2D eigenvalue weighted by Crippen LogP contribution is -2.26. The Morgan fingerprint density at radius 3 is 2.96 bits per heavy atom. The molecule has 0 aliphatic carbocycles. The third kappa shape index (κ3) is 3.37. The van der Waals surface area contributed by atoms with Crippen LogP contribution < -0.4 is 10.1 Å². The molecule has 0 atom stereocenters. The average molecular weight is 328 g/mol. The number of rotatable bonds is 6. The molecule has 1 N–H and O–H groups in total. The molecule has 1 amide bonds. The molecule has 3 aromatic rings. The number of aryl methyl sites for hydroxylation is 1. The summed E-state index contributed by atoms with van der Waals surface area (Å²) in [5.41, 5.74) is 1.12. The van der Waals surface area contributed by atoms with E-state index in [0.717, 1.165) is 11.5 Å². The Labute approximate surface area is 139 Å². The topological polar surface area (TPSA) is 86.3 Å². The van der Waals surface area contributed by atoms with Gasteiger partial charge in [-0.25, -0.2) is 4.68 Å². The predicted octanol–water partition coefficient (Wildman–Crippen LogP) is 1.22. The van der Waals surface area contributed by atoms with Gasteiger partial charge in [-0.2, -0.15) is 5.10 Å². The molecule has 0 saturated heterocycles. The number of pyridine rings is 1. The summed E-state index contributed by atoms with van der Waals surface area (Å²) in [6.45, 7) is 4.30. The predicted molar refractivity (Wildman–Crippen MR) is 88.0 cm³/mol. The van der Waals surface area contributed by atoms with Crippen LogP contribution in [-0.4, -0.2) is 42.9 Å². The van der Waals surface area contributed by atoms with Gasteiger partial charge < -0.3 is 10.1 Å². The molecule has 8 nitrogen and oxygen atoms in total. The minimum atomic E-state index is -0.238. The largest absolute Gasteiger partial charge is 0.475 e. The van der Waals surface area contributed by atoms with Crippen molar-refractivity contribution in [1.29, 1.82) is 0 Å². The molecule has 0 aliphatic heterocycles. The summed E-state index contributed by atoms with van der Waals surface area (Å²) >= 11 is 0. The van der Waals surface area contributed by atoms with E-state index in [9.17, 15) is 4.79 Å². The summed E-state index contributed by atoms with van der Waals surface area (Å²) in [7, 11) is 1.75. The van der Waals surface area contributed by atoms with Gasteiger partial charge in [0.05, 0.1) is 6.10 Å². The van der Waals surface area contributed by atoms with Gasteiger partial charge >= 0.3 is 0 Å². The lowest BCUT2D eigenvalue weighted by molar-refractivity contribution is 0.0948. The maximum absolute atomic E-state index is 12.2. The van der Waals surface area contributed by atoms with Gasteiger partial charge in [0.25, 0.3) is 5.91 Å². The third-order valence-electron chi connectivity index (χ3n) is 3.44. The Bertz CT molecular complexity index is 851. The molecule has 3 heterocycles. The van der Waals surface area contributed by atoms with Crippen LogP contribution in [-0.2, 0) is 13.5 Å². The van der Waals surface area contributed by atoms with Crippen molar-refractivity contribution in [3.05, 3.63) is 42.0 Å². The van der Waals surface area contributed by atoms with Crippen molar-refractivity contribution in [3.63, 3.8) is 0 Å². The Morgan fingerprint density at radius 1 is 1.33 bits per heavy atom. The van der Waals surface area contributed by atoms with E-state index < -0.39 is 0 Å². The first-order valence-corrected chi connectivity index (χ1v) is 7.82. The standard InChI is InChI=1S/C16H20N6O2/c1-11(2)24-15-10-12(20-21(15)3)16(23)17-8-7-14-19-18-13-6-4-5-9-22(13)14/h4-6,9-11H,7-8H2,1-3H3,(H,17,23). The molecule has 0 aliphatic rings. The zero-order chi connectivity index (χ0) is 17.1. The molecule has 0 radical (unpaired) electrons. The first-order chi connectivity index (χ1) is 11.5. The molecule has 24 heavy (non-hydrogen) atoms. The Kier molecular flexibility index (Phi) is 4.45. The van der Waals surface area contributed by atoms with Crippen LogP contribution in [0.2, 0.25) is 0 Å². The molecule has 0 aromatic carbocycles. The number of fused-ring (bicyclic) bond motifs is 1. The fourth-order valence-corrected chi connectivity index (χ4v) is 2.35. The third-order valence-corrected chi connectivity index (χ3v) is 3.44. The van der Waals surface area contributed by atoms with Crippen molar-refractivity contribution in [2.45, 2.75) is 26.4 Å². The molecule has 8 heteroatoms. The van der Waals surface area contributed by atoms with Gasteiger partial charge in [0, 0.05) is 32.3 Å². The van der Waals surface area contributed by atoms with Crippen LogP contribution in [0.5, 0.6) is 5.88 Å². The minimum Gasteiger partial charge on any atom is -0.475 e. The van der Waals surface area contributed by atoms with E-state index in [1.165, 1.54) is 0 Å². The molecular weight excluding hydrogens is 308 g/mol. The van der Waals surface area contributed by atoms with Crippen molar-refractivity contribution in [3.8, 4) is 5.88 Å². The number of nitrogens with one attached hydrogen (secondary N) is 1. The smallest absolute Gasteiger partial charge is 0.271 e. The molecule has 0 bridgehead atoms. The second-order valence-corrected chi connectivity index (χ2v) is 5.71. The molecule has 126 valence electrons. The maximum atomic E-state index is 12.2. The highest BCUT2D eigenvalue weighted by atomic mass is 16.5.